The van der Waals surface area contributed by atoms with Gasteiger partial charge >= 0.3 is 6.09 Å². The van der Waals surface area contributed by atoms with E-state index in [1.165, 1.54) is 10.4 Å². The van der Waals surface area contributed by atoms with Crippen LogP contribution in [0, 0.1) is 0 Å². The molecule has 1 amide bonds. The second kappa shape index (κ2) is 14.1. The summed E-state index contributed by atoms with van der Waals surface area (Å²) in [5, 5.41) is 5.24. The maximum absolute atomic E-state index is 13.0. The first-order chi connectivity index (χ1) is 19.3. The summed E-state index contributed by atoms with van der Waals surface area (Å²) in [6.45, 7) is 9.84. The number of alkyl carbamates (subject to hydrolysis) is 1. The number of amides is 1. The van der Waals surface area contributed by atoms with Gasteiger partial charge in [-0.3, -0.25) is 0 Å². The standard InChI is InChI=1S/C33H43NO5Si/c1-26(39-31-22-14-15-23-36-31)30(34-32(35)37-24-27-16-8-5-9-17-27)25-38-40(33(2,3)4,28-18-10-6-11-19-28)29-20-12-7-13-21-29/h5-13,16-21,26,30-31H,14-15,22-25H2,1-4H3,(H,34,35)/t26?,30-,31?/m1/s1. The molecule has 4 rings (SSSR count). The molecule has 0 bridgehead atoms. The highest BCUT2D eigenvalue weighted by atomic mass is 28.4. The molecule has 3 aromatic carbocycles. The molecule has 1 heterocycles. The minimum atomic E-state index is -2.81. The average molecular weight is 562 g/mol. The molecular formula is C33H43NO5Si. The summed E-state index contributed by atoms with van der Waals surface area (Å²) in [5.74, 6) is 0. The van der Waals surface area contributed by atoms with Gasteiger partial charge in [-0.2, -0.15) is 0 Å². The molecule has 6 nitrogen and oxygen atoms in total. The summed E-state index contributed by atoms with van der Waals surface area (Å²) in [4.78, 5) is 13.0. The molecule has 1 aliphatic heterocycles. The van der Waals surface area contributed by atoms with Gasteiger partial charge < -0.3 is 24.0 Å². The summed E-state index contributed by atoms with van der Waals surface area (Å²) in [5.41, 5.74) is 0.928. The number of carbonyl (C=O) groups excluding carboxylic acids is 1. The number of hydrogen-bond donors (Lipinski definition) is 1. The van der Waals surface area contributed by atoms with Crippen LogP contribution in [0.4, 0.5) is 4.79 Å². The topological polar surface area (TPSA) is 66.0 Å². The van der Waals surface area contributed by atoms with Crippen LogP contribution in [0.15, 0.2) is 91.0 Å². The van der Waals surface area contributed by atoms with Gasteiger partial charge in [0.15, 0.2) is 6.29 Å². The van der Waals surface area contributed by atoms with E-state index in [0.29, 0.717) is 6.61 Å². The Kier molecular flexibility index (Phi) is 10.6. The van der Waals surface area contributed by atoms with Gasteiger partial charge in [0, 0.05) is 6.61 Å². The Bertz CT molecular complexity index is 1120. The first-order valence-corrected chi connectivity index (χ1v) is 16.2. The zero-order valence-corrected chi connectivity index (χ0v) is 25.2. The molecule has 7 heteroatoms. The Morgan fingerprint density at radius 3 is 2.02 bits per heavy atom. The van der Waals surface area contributed by atoms with Crippen LogP contribution >= 0.6 is 0 Å². The highest BCUT2D eigenvalue weighted by Gasteiger charge is 2.50. The predicted octanol–water partition coefficient (Wildman–Crippen LogP) is 5.79. The lowest BCUT2D eigenvalue weighted by Crippen LogP contribution is -2.67. The molecule has 1 fully saturated rings. The quantitative estimate of drug-likeness (QED) is 0.300. The van der Waals surface area contributed by atoms with E-state index < -0.39 is 20.5 Å². The monoisotopic (exact) mass is 561 g/mol. The van der Waals surface area contributed by atoms with Crippen molar-refractivity contribution >= 4 is 24.8 Å². The van der Waals surface area contributed by atoms with Crippen LogP contribution in [0.3, 0.4) is 0 Å². The molecule has 0 saturated carbocycles. The Balaban J connectivity index is 1.59. The lowest BCUT2D eigenvalue weighted by molar-refractivity contribution is -0.190. The number of ether oxygens (including phenoxy) is 3. The van der Waals surface area contributed by atoms with Gasteiger partial charge in [0.1, 0.15) is 6.61 Å². The predicted molar refractivity (Wildman–Crippen MR) is 161 cm³/mol. The lowest BCUT2D eigenvalue weighted by Gasteiger charge is -2.44. The van der Waals surface area contributed by atoms with Crippen molar-refractivity contribution in [3.63, 3.8) is 0 Å². The van der Waals surface area contributed by atoms with E-state index in [2.05, 4.69) is 74.6 Å². The Hall–Kier alpha value is -2.97. The van der Waals surface area contributed by atoms with Crippen LogP contribution in [0.5, 0.6) is 0 Å². The summed E-state index contributed by atoms with van der Waals surface area (Å²) < 4.78 is 24.9. The highest BCUT2D eigenvalue weighted by Crippen LogP contribution is 2.37. The third-order valence-corrected chi connectivity index (χ3v) is 12.5. The van der Waals surface area contributed by atoms with Gasteiger partial charge in [-0.1, -0.05) is 112 Å². The SMILES string of the molecule is CC(OC1CCCCO1)[C@@H](CO[Si](c1ccccc1)(c1ccccc1)C(C)(C)C)NC(=O)OCc1ccccc1. The highest BCUT2D eigenvalue weighted by molar-refractivity contribution is 6.99. The molecule has 40 heavy (non-hydrogen) atoms. The first-order valence-electron chi connectivity index (χ1n) is 14.3. The molecule has 0 aliphatic carbocycles. The second-order valence-corrected chi connectivity index (χ2v) is 15.7. The van der Waals surface area contributed by atoms with Crippen LogP contribution in [0.1, 0.15) is 52.5 Å². The smallest absolute Gasteiger partial charge is 0.407 e. The molecule has 1 N–H and O–H groups in total. The number of rotatable bonds is 11. The Morgan fingerprint density at radius 1 is 0.925 bits per heavy atom. The maximum atomic E-state index is 13.0. The van der Waals surface area contributed by atoms with Gasteiger partial charge in [-0.15, -0.1) is 0 Å². The van der Waals surface area contributed by atoms with E-state index in [-0.39, 0.29) is 30.6 Å². The largest absolute Gasteiger partial charge is 0.445 e. The van der Waals surface area contributed by atoms with Gasteiger partial charge in [0.25, 0.3) is 8.32 Å². The number of hydrogen-bond acceptors (Lipinski definition) is 5. The number of benzene rings is 3. The number of nitrogens with one attached hydrogen (secondary N) is 1. The van der Waals surface area contributed by atoms with Gasteiger partial charge in [-0.05, 0) is 47.2 Å². The molecule has 3 atom stereocenters. The maximum Gasteiger partial charge on any atom is 0.407 e. The van der Waals surface area contributed by atoms with Crippen LogP contribution < -0.4 is 15.7 Å². The van der Waals surface area contributed by atoms with E-state index in [1.807, 2.05) is 49.4 Å². The minimum absolute atomic E-state index is 0.190. The molecule has 0 aromatic heterocycles. The summed E-state index contributed by atoms with van der Waals surface area (Å²) in [6, 6.07) is 30.2. The van der Waals surface area contributed by atoms with E-state index in [9.17, 15) is 4.79 Å². The third kappa shape index (κ3) is 7.60. The third-order valence-electron chi connectivity index (χ3n) is 7.48. The minimum Gasteiger partial charge on any atom is -0.445 e. The lowest BCUT2D eigenvalue weighted by atomic mass is 10.1. The van der Waals surface area contributed by atoms with Crippen LogP contribution in [0.2, 0.25) is 5.04 Å². The molecular weight excluding hydrogens is 518 g/mol. The fourth-order valence-corrected chi connectivity index (χ4v) is 9.92. The normalized spacial score (nSPS) is 17.6. The summed E-state index contributed by atoms with van der Waals surface area (Å²) in [7, 11) is -2.81. The van der Waals surface area contributed by atoms with Crippen LogP contribution in [0.25, 0.3) is 0 Å². The summed E-state index contributed by atoms with van der Waals surface area (Å²) in [6.07, 6.45) is 1.79. The number of carbonyl (C=O) groups is 1. The Labute approximate surface area is 240 Å². The van der Waals surface area contributed by atoms with E-state index >= 15 is 0 Å². The molecule has 1 saturated heterocycles. The van der Waals surface area contributed by atoms with Crippen molar-refractivity contribution in [1.82, 2.24) is 5.32 Å². The molecule has 0 spiro atoms. The average Bonchev–Trinajstić information content (AvgIpc) is 2.97. The van der Waals surface area contributed by atoms with Gasteiger partial charge in [0.2, 0.25) is 0 Å². The Morgan fingerprint density at radius 2 is 1.50 bits per heavy atom. The molecule has 2 unspecified atom stereocenters. The van der Waals surface area contributed by atoms with Crippen molar-refractivity contribution in [3.05, 3.63) is 96.6 Å². The first kappa shape index (κ1) is 30.0. The fourth-order valence-electron chi connectivity index (χ4n) is 5.34. The van der Waals surface area contributed by atoms with Crippen LogP contribution in [-0.2, 0) is 25.2 Å². The second-order valence-electron chi connectivity index (χ2n) is 11.4. The van der Waals surface area contributed by atoms with Crippen molar-refractivity contribution in [2.45, 2.75) is 77.0 Å². The zero-order valence-electron chi connectivity index (χ0n) is 24.2. The summed E-state index contributed by atoms with van der Waals surface area (Å²) >= 11 is 0. The van der Waals surface area contributed by atoms with E-state index in [4.69, 9.17) is 18.6 Å². The van der Waals surface area contributed by atoms with Crippen molar-refractivity contribution in [2.75, 3.05) is 13.2 Å². The van der Waals surface area contributed by atoms with E-state index in [1.54, 1.807) is 0 Å². The fraction of sp³-hybridized carbons (Fsp3) is 0.424. The van der Waals surface area contributed by atoms with E-state index in [0.717, 1.165) is 24.8 Å². The zero-order chi connectivity index (χ0) is 28.4. The van der Waals surface area contributed by atoms with Gasteiger partial charge in [-0.25, -0.2) is 4.79 Å². The van der Waals surface area contributed by atoms with Crippen LogP contribution in [-0.4, -0.2) is 46.1 Å². The van der Waals surface area contributed by atoms with Crippen molar-refractivity contribution < 1.29 is 23.4 Å². The van der Waals surface area contributed by atoms with Gasteiger partial charge in [0.05, 0.1) is 18.8 Å². The van der Waals surface area contributed by atoms with Crippen molar-refractivity contribution in [2.24, 2.45) is 0 Å². The molecule has 1 aliphatic rings. The molecule has 3 aromatic rings. The van der Waals surface area contributed by atoms with Crippen molar-refractivity contribution in [3.8, 4) is 0 Å². The molecule has 214 valence electrons. The molecule has 0 radical (unpaired) electrons. The van der Waals surface area contributed by atoms with Crippen molar-refractivity contribution in [1.29, 1.82) is 0 Å².